The van der Waals surface area contributed by atoms with Crippen LogP contribution in [0.3, 0.4) is 0 Å². The quantitative estimate of drug-likeness (QED) is 0.704. The summed E-state index contributed by atoms with van der Waals surface area (Å²) < 4.78 is 0. The van der Waals surface area contributed by atoms with Gasteiger partial charge in [0.1, 0.15) is 0 Å². The molecule has 2 nitrogen and oxygen atoms in total. The van der Waals surface area contributed by atoms with Crippen molar-refractivity contribution in [1.82, 2.24) is 10.2 Å². The van der Waals surface area contributed by atoms with Crippen molar-refractivity contribution in [1.29, 1.82) is 0 Å². The minimum Gasteiger partial charge on any atom is -0.314 e. The Kier molecular flexibility index (Phi) is 4.90. The second kappa shape index (κ2) is 5.72. The molecule has 1 aliphatic rings. The van der Waals surface area contributed by atoms with Crippen molar-refractivity contribution in [3.05, 3.63) is 0 Å². The first-order chi connectivity index (χ1) is 6.61. The summed E-state index contributed by atoms with van der Waals surface area (Å²) in [6.07, 6.45) is 5.54. The van der Waals surface area contributed by atoms with E-state index in [1.807, 2.05) is 0 Å². The van der Waals surface area contributed by atoms with Gasteiger partial charge in [-0.15, -0.1) is 0 Å². The average Bonchev–Trinajstić information content (AvgIpc) is 2.00. The minimum absolute atomic E-state index is 0.621. The highest BCUT2D eigenvalue weighted by Crippen LogP contribution is 2.25. The summed E-state index contributed by atoms with van der Waals surface area (Å²) in [5.74, 6) is 0. The van der Waals surface area contributed by atoms with E-state index in [-0.39, 0.29) is 0 Å². The van der Waals surface area contributed by atoms with Gasteiger partial charge in [-0.3, -0.25) is 0 Å². The highest BCUT2D eigenvalue weighted by molar-refractivity contribution is 4.81. The third-order valence-corrected chi connectivity index (χ3v) is 3.46. The molecule has 0 aromatic heterocycles. The summed E-state index contributed by atoms with van der Waals surface area (Å²) in [4.78, 5) is 2.56. The van der Waals surface area contributed by atoms with Gasteiger partial charge in [0.2, 0.25) is 0 Å². The maximum atomic E-state index is 3.48. The predicted molar refractivity (Wildman–Crippen MR) is 62.6 cm³/mol. The van der Waals surface area contributed by atoms with Gasteiger partial charge in [0.25, 0.3) is 0 Å². The van der Waals surface area contributed by atoms with Crippen LogP contribution in [0.25, 0.3) is 0 Å². The van der Waals surface area contributed by atoms with E-state index in [0.717, 1.165) is 18.6 Å². The molecule has 2 heteroatoms. The predicted octanol–water partition coefficient (Wildman–Crippen LogP) is 2.25. The smallest absolute Gasteiger partial charge is 0.00950 e. The Labute approximate surface area is 89.1 Å². The third kappa shape index (κ3) is 3.58. The molecular weight excluding hydrogens is 172 g/mol. The van der Waals surface area contributed by atoms with Crippen molar-refractivity contribution in [3.8, 4) is 0 Å². The molecule has 0 radical (unpaired) electrons. The second-order valence-electron chi connectivity index (χ2n) is 5.00. The third-order valence-electron chi connectivity index (χ3n) is 3.46. The molecule has 1 rings (SSSR count). The average molecular weight is 198 g/mol. The zero-order chi connectivity index (χ0) is 10.6. The minimum atomic E-state index is 0.621. The molecule has 1 fully saturated rings. The molecule has 0 bridgehead atoms. The van der Waals surface area contributed by atoms with E-state index in [1.165, 1.54) is 25.7 Å². The van der Waals surface area contributed by atoms with E-state index in [0.29, 0.717) is 6.04 Å². The molecule has 0 aliphatic heterocycles. The molecule has 1 N–H and O–H groups in total. The molecule has 0 spiro atoms. The van der Waals surface area contributed by atoms with Crippen LogP contribution in [0.2, 0.25) is 0 Å². The zero-order valence-electron chi connectivity index (χ0n) is 10.2. The first-order valence-corrected chi connectivity index (χ1v) is 6.06. The lowest BCUT2D eigenvalue weighted by Gasteiger charge is -2.38. The molecule has 0 aromatic carbocycles. The summed E-state index contributed by atoms with van der Waals surface area (Å²) >= 11 is 0. The highest BCUT2D eigenvalue weighted by Gasteiger charge is 2.24. The number of rotatable bonds is 6. The molecule has 1 saturated carbocycles. The van der Waals surface area contributed by atoms with E-state index in [2.05, 4.69) is 38.0 Å². The van der Waals surface area contributed by atoms with Crippen molar-refractivity contribution in [2.45, 2.75) is 64.6 Å². The van der Waals surface area contributed by atoms with Gasteiger partial charge in [-0.25, -0.2) is 0 Å². The Hall–Kier alpha value is -0.0800. The standard InChI is InChI=1S/C12H26N2/c1-10(2)13-9-8-11(3)14(4)12-6-5-7-12/h10-13H,5-9H2,1-4H3. The summed E-state index contributed by atoms with van der Waals surface area (Å²) in [6.45, 7) is 7.91. The maximum Gasteiger partial charge on any atom is 0.00950 e. The summed E-state index contributed by atoms with van der Waals surface area (Å²) in [5.41, 5.74) is 0. The molecule has 14 heavy (non-hydrogen) atoms. The Morgan fingerprint density at radius 3 is 2.36 bits per heavy atom. The van der Waals surface area contributed by atoms with Crippen LogP contribution in [0.4, 0.5) is 0 Å². The number of nitrogens with one attached hydrogen (secondary N) is 1. The van der Waals surface area contributed by atoms with Gasteiger partial charge in [0.15, 0.2) is 0 Å². The lowest BCUT2D eigenvalue weighted by Crippen LogP contribution is -2.43. The van der Waals surface area contributed by atoms with Gasteiger partial charge in [-0.2, -0.15) is 0 Å². The topological polar surface area (TPSA) is 15.3 Å². The van der Waals surface area contributed by atoms with Crippen LogP contribution in [0.1, 0.15) is 46.5 Å². The summed E-state index contributed by atoms with van der Waals surface area (Å²) in [5, 5.41) is 3.48. The normalized spacial score (nSPS) is 20.1. The van der Waals surface area contributed by atoms with Gasteiger partial charge >= 0.3 is 0 Å². The van der Waals surface area contributed by atoms with Crippen molar-refractivity contribution >= 4 is 0 Å². The summed E-state index contributed by atoms with van der Waals surface area (Å²) in [7, 11) is 2.28. The molecule has 1 aliphatic carbocycles. The van der Waals surface area contributed by atoms with Crippen LogP contribution >= 0.6 is 0 Å². The van der Waals surface area contributed by atoms with Crippen molar-refractivity contribution in [2.75, 3.05) is 13.6 Å². The Balaban J connectivity index is 2.10. The fourth-order valence-corrected chi connectivity index (χ4v) is 1.94. The fourth-order valence-electron chi connectivity index (χ4n) is 1.94. The van der Waals surface area contributed by atoms with Crippen LogP contribution in [0.15, 0.2) is 0 Å². The first kappa shape index (κ1) is 12.0. The Bertz CT molecular complexity index is 152. The van der Waals surface area contributed by atoms with Crippen molar-refractivity contribution in [3.63, 3.8) is 0 Å². The van der Waals surface area contributed by atoms with Crippen LogP contribution < -0.4 is 5.32 Å². The molecule has 0 aromatic rings. The molecular formula is C12H26N2. The van der Waals surface area contributed by atoms with Gasteiger partial charge in [0, 0.05) is 18.1 Å². The molecule has 84 valence electrons. The largest absolute Gasteiger partial charge is 0.314 e. The zero-order valence-corrected chi connectivity index (χ0v) is 10.2. The maximum absolute atomic E-state index is 3.48. The van der Waals surface area contributed by atoms with Crippen LogP contribution in [-0.2, 0) is 0 Å². The highest BCUT2D eigenvalue weighted by atomic mass is 15.2. The van der Waals surface area contributed by atoms with E-state index < -0.39 is 0 Å². The monoisotopic (exact) mass is 198 g/mol. The Morgan fingerprint density at radius 1 is 1.29 bits per heavy atom. The molecule has 1 unspecified atom stereocenters. The van der Waals surface area contributed by atoms with E-state index >= 15 is 0 Å². The van der Waals surface area contributed by atoms with E-state index in [9.17, 15) is 0 Å². The van der Waals surface area contributed by atoms with Crippen LogP contribution in [-0.4, -0.2) is 36.6 Å². The number of nitrogens with zero attached hydrogens (tertiary/aromatic N) is 1. The molecule has 0 amide bonds. The van der Waals surface area contributed by atoms with E-state index in [4.69, 9.17) is 0 Å². The lowest BCUT2D eigenvalue weighted by molar-refractivity contribution is 0.113. The van der Waals surface area contributed by atoms with Crippen LogP contribution in [0, 0.1) is 0 Å². The summed E-state index contributed by atoms with van der Waals surface area (Å²) in [6, 6.07) is 2.23. The van der Waals surface area contributed by atoms with Gasteiger partial charge in [-0.05, 0) is 39.8 Å². The number of hydrogen-bond donors (Lipinski definition) is 1. The van der Waals surface area contributed by atoms with Crippen LogP contribution in [0.5, 0.6) is 0 Å². The van der Waals surface area contributed by atoms with Gasteiger partial charge < -0.3 is 10.2 Å². The SMILES string of the molecule is CC(C)NCCC(C)N(C)C1CCC1. The number of hydrogen-bond acceptors (Lipinski definition) is 2. The first-order valence-electron chi connectivity index (χ1n) is 6.06. The second-order valence-corrected chi connectivity index (χ2v) is 5.00. The van der Waals surface area contributed by atoms with Gasteiger partial charge in [-0.1, -0.05) is 20.3 Å². The lowest BCUT2D eigenvalue weighted by atomic mass is 9.90. The van der Waals surface area contributed by atoms with Crippen molar-refractivity contribution < 1.29 is 0 Å². The van der Waals surface area contributed by atoms with Crippen molar-refractivity contribution in [2.24, 2.45) is 0 Å². The molecule has 0 heterocycles. The molecule has 0 saturated heterocycles. The fraction of sp³-hybridized carbons (Fsp3) is 1.00. The van der Waals surface area contributed by atoms with Gasteiger partial charge in [0.05, 0.1) is 0 Å². The Morgan fingerprint density at radius 2 is 1.93 bits per heavy atom. The molecule has 1 atom stereocenters. The van der Waals surface area contributed by atoms with E-state index in [1.54, 1.807) is 0 Å².